The molecule has 0 fully saturated rings. The Bertz CT molecular complexity index is 2660. The van der Waals surface area contributed by atoms with Gasteiger partial charge in [0.1, 0.15) is 0 Å². The summed E-state index contributed by atoms with van der Waals surface area (Å²) < 4.78 is 0. The standard InChI is InChI=1S/C51H39N3/c1-34-17-9-10-20-41(34)50-35(2)42-21-7-5-3-4-6-8-26-47(42)51(54-50)49-45-24-13-11-22-43(45)48(44-23-12-14-25-46(44)49)40-30-38(36-18-15-27-52-32-36)29-39(31-40)37-19-16-28-53-33-37/h3-5,7-20,22-33H,6,21H2,1-2H3/b4-3-,7-5-,26-8?. The van der Waals surface area contributed by atoms with Crippen molar-refractivity contribution in [3.05, 3.63) is 193 Å². The van der Waals surface area contributed by atoms with E-state index in [2.05, 4.69) is 163 Å². The van der Waals surface area contributed by atoms with E-state index in [4.69, 9.17) is 4.98 Å². The number of allylic oxidation sites excluding steroid dienone is 5. The summed E-state index contributed by atoms with van der Waals surface area (Å²) in [6, 6.07) is 41.5. The highest BCUT2D eigenvalue weighted by molar-refractivity contribution is 6.22. The van der Waals surface area contributed by atoms with E-state index in [0.29, 0.717) is 0 Å². The Hall–Kier alpha value is -6.71. The van der Waals surface area contributed by atoms with Crippen LogP contribution in [-0.4, -0.2) is 15.0 Å². The van der Waals surface area contributed by atoms with E-state index in [1.807, 2.05) is 36.9 Å². The molecular formula is C51H39N3. The first-order chi connectivity index (χ1) is 26.7. The van der Waals surface area contributed by atoms with E-state index < -0.39 is 0 Å². The molecule has 0 saturated carbocycles. The summed E-state index contributed by atoms with van der Waals surface area (Å²) in [5, 5.41) is 4.73. The largest absolute Gasteiger partial charge is 0.264 e. The van der Waals surface area contributed by atoms with Crippen LogP contribution < -0.4 is 0 Å². The highest BCUT2D eigenvalue weighted by atomic mass is 14.7. The summed E-state index contributed by atoms with van der Waals surface area (Å²) in [6.07, 6.45) is 22.6. The minimum absolute atomic E-state index is 0.816. The molecule has 1 aliphatic carbocycles. The molecule has 9 rings (SSSR count). The van der Waals surface area contributed by atoms with Crippen LogP contribution in [0.15, 0.2) is 170 Å². The Morgan fingerprint density at radius 2 is 1.07 bits per heavy atom. The van der Waals surface area contributed by atoms with Crippen molar-refractivity contribution in [2.75, 3.05) is 0 Å². The fraction of sp³-hybridized carbons (Fsp3) is 0.0784. The maximum Gasteiger partial charge on any atom is 0.0797 e. The molecule has 8 aromatic rings. The lowest BCUT2D eigenvalue weighted by atomic mass is 9.83. The smallest absolute Gasteiger partial charge is 0.0797 e. The maximum absolute atomic E-state index is 5.72. The van der Waals surface area contributed by atoms with Gasteiger partial charge >= 0.3 is 0 Å². The van der Waals surface area contributed by atoms with Crippen LogP contribution in [0.5, 0.6) is 0 Å². The molecule has 0 aliphatic heterocycles. The van der Waals surface area contributed by atoms with Gasteiger partial charge in [-0.1, -0.05) is 121 Å². The monoisotopic (exact) mass is 693 g/mol. The summed E-state index contributed by atoms with van der Waals surface area (Å²) in [5.41, 5.74) is 16.0. The number of benzene rings is 5. The number of aromatic nitrogens is 3. The van der Waals surface area contributed by atoms with Gasteiger partial charge < -0.3 is 0 Å². The fourth-order valence-electron chi connectivity index (χ4n) is 8.03. The van der Waals surface area contributed by atoms with Gasteiger partial charge in [-0.15, -0.1) is 0 Å². The zero-order valence-electron chi connectivity index (χ0n) is 30.5. The van der Waals surface area contributed by atoms with Gasteiger partial charge in [-0.3, -0.25) is 9.97 Å². The summed E-state index contributed by atoms with van der Waals surface area (Å²) >= 11 is 0. The number of aryl methyl sites for hydroxylation is 1. The first-order valence-electron chi connectivity index (χ1n) is 18.6. The maximum atomic E-state index is 5.72. The lowest BCUT2D eigenvalue weighted by Crippen LogP contribution is -2.05. The molecule has 3 heterocycles. The number of rotatable bonds is 5. The Morgan fingerprint density at radius 3 is 1.69 bits per heavy atom. The van der Waals surface area contributed by atoms with E-state index in [9.17, 15) is 0 Å². The zero-order valence-corrected chi connectivity index (χ0v) is 30.5. The van der Waals surface area contributed by atoms with Crippen LogP contribution in [0.4, 0.5) is 0 Å². The first-order valence-corrected chi connectivity index (χ1v) is 18.6. The molecule has 3 aromatic heterocycles. The number of hydrogen-bond acceptors (Lipinski definition) is 3. The lowest BCUT2D eigenvalue weighted by Gasteiger charge is -2.23. The molecule has 54 heavy (non-hydrogen) atoms. The molecule has 0 spiro atoms. The Kier molecular flexibility index (Phi) is 8.82. The number of hydrogen-bond donors (Lipinski definition) is 0. The summed E-state index contributed by atoms with van der Waals surface area (Å²) in [5.74, 6) is 0. The molecule has 0 atom stereocenters. The molecular weight excluding hydrogens is 655 g/mol. The molecule has 0 saturated heterocycles. The zero-order chi connectivity index (χ0) is 36.4. The van der Waals surface area contributed by atoms with Crippen molar-refractivity contribution < 1.29 is 0 Å². The van der Waals surface area contributed by atoms with Gasteiger partial charge in [0.2, 0.25) is 0 Å². The highest BCUT2D eigenvalue weighted by Crippen LogP contribution is 2.47. The average Bonchev–Trinajstić information content (AvgIpc) is 3.23. The van der Waals surface area contributed by atoms with Gasteiger partial charge in [0.05, 0.1) is 11.4 Å². The minimum atomic E-state index is 0.816. The highest BCUT2D eigenvalue weighted by Gasteiger charge is 2.24. The van der Waals surface area contributed by atoms with E-state index in [1.165, 1.54) is 54.9 Å². The summed E-state index contributed by atoms with van der Waals surface area (Å²) in [7, 11) is 0. The predicted octanol–water partition coefficient (Wildman–Crippen LogP) is 13.2. The first kappa shape index (κ1) is 33.1. The third-order valence-electron chi connectivity index (χ3n) is 10.7. The van der Waals surface area contributed by atoms with Gasteiger partial charge in [0.25, 0.3) is 0 Å². The number of nitrogens with zero attached hydrogens (tertiary/aromatic N) is 3. The van der Waals surface area contributed by atoms with Gasteiger partial charge in [0, 0.05) is 52.6 Å². The third-order valence-corrected chi connectivity index (χ3v) is 10.7. The molecule has 0 bridgehead atoms. The minimum Gasteiger partial charge on any atom is -0.264 e. The van der Waals surface area contributed by atoms with E-state index in [1.54, 1.807) is 0 Å². The van der Waals surface area contributed by atoms with Gasteiger partial charge in [0.15, 0.2) is 0 Å². The molecule has 1 aliphatic rings. The average molecular weight is 694 g/mol. The Labute approximate surface area is 316 Å². The molecule has 0 N–H and O–H groups in total. The number of pyridine rings is 3. The van der Waals surface area contributed by atoms with Crippen LogP contribution >= 0.6 is 0 Å². The third kappa shape index (κ3) is 6.04. The van der Waals surface area contributed by atoms with Crippen molar-refractivity contribution >= 4 is 27.6 Å². The van der Waals surface area contributed by atoms with Gasteiger partial charge in [-0.25, -0.2) is 4.98 Å². The predicted molar refractivity (Wildman–Crippen MR) is 227 cm³/mol. The molecule has 5 aromatic carbocycles. The van der Waals surface area contributed by atoms with Gasteiger partial charge in [-0.05, 0) is 118 Å². The van der Waals surface area contributed by atoms with Crippen LogP contribution in [0, 0.1) is 13.8 Å². The van der Waals surface area contributed by atoms with E-state index in [0.717, 1.165) is 57.6 Å². The Balaban J connectivity index is 1.39. The quantitative estimate of drug-likeness (QED) is 0.168. The molecule has 0 unspecified atom stereocenters. The van der Waals surface area contributed by atoms with Crippen molar-refractivity contribution in [1.82, 2.24) is 15.0 Å². The van der Waals surface area contributed by atoms with Gasteiger partial charge in [-0.2, -0.15) is 0 Å². The second-order valence-corrected chi connectivity index (χ2v) is 14.0. The summed E-state index contributed by atoms with van der Waals surface area (Å²) in [6.45, 7) is 4.43. The molecule has 0 radical (unpaired) electrons. The van der Waals surface area contributed by atoms with Crippen LogP contribution in [-0.2, 0) is 6.42 Å². The SMILES string of the molecule is Cc1ccccc1-c1nc(-c2c3ccccc3c(-c3cc(-c4cccnc4)cc(-c4cccnc4)c3)c3ccccc23)c2c(c1C)C/C=C\C=C/CC=C2. The van der Waals surface area contributed by atoms with Crippen LogP contribution in [0.2, 0.25) is 0 Å². The second kappa shape index (κ2) is 14.4. The fourth-order valence-corrected chi connectivity index (χ4v) is 8.03. The molecule has 0 amide bonds. The molecule has 3 nitrogen and oxygen atoms in total. The molecule has 3 heteroatoms. The topological polar surface area (TPSA) is 38.7 Å². The van der Waals surface area contributed by atoms with E-state index in [-0.39, 0.29) is 0 Å². The van der Waals surface area contributed by atoms with Crippen molar-refractivity contribution in [2.45, 2.75) is 26.7 Å². The van der Waals surface area contributed by atoms with Crippen LogP contribution in [0.1, 0.15) is 28.7 Å². The Morgan fingerprint density at radius 1 is 0.500 bits per heavy atom. The normalized spacial score (nSPS) is 13.8. The molecule has 258 valence electrons. The van der Waals surface area contributed by atoms with Crippen molar-refractivity contribution in [1.29, 1.82) is 0 Å². The summed E-state index contributed by atoms with van der Waals surface area (Å²) in [4.78, 5) is 14.7. The number of fused-ring (bicyclic) bond motifs is 3. The second-order valence-electron chi connectivity index (χ2n) is 14.0. The van der Waals surface area contributed by atoms with Crippen LogP contribution in [0.25, 0.3) is 83.5 Å². The van der Waals surface area contributed by atoms with Crippen molar-refractivity contribution in [2.24, 2.45) is 0 Å². The van der Waals surface area contributed by atoms with Crippen molar-refractivity contribution in [3.63, 3.8) is 0 Å². The van der Waals surface area contributed by atoms with E-state index >= 15 is 0 Å². The van der Waals surface area contributed by atoms with Crippen molar-refractivity contribution in [3.8, 4) is 55.9 Å². The van der Waals surface area contributed by atoms with Crippen LogP contribution in [0.3, 0.4) is 0 Å². The lowest BCUT2D eigenvalue weighted by molar-refractivity contribution is 1.15.